The predicted octanol–water partition coefficient (Wildman–Crippen LogP) is 1.51. The maximum absolute atomic E-state index is 11.2. The van der Waals surface area contributed by atoms with Crippen molar-refractivity contribution in [3.8, 4) is 5.75 Å². The molecule has 2 aromatic carbocycles. The molecule has 1 aliphatic rings. The Kier molecular flexibility index (Phi) is 5.50. The molecule has 1 fully saturated rings. The van der Waals surface area contributed by atoms with E-state index in [1.807, 2.05) is 24.3 Å². The van der Waals surface area contributed by atoms with Crippen LogP contribution in [0.5, 0.6) is 5.75 Å². The van der Waals surface area contributed by atoms with Gasteiger partial charge in [-0.3, -0.25) is 14.5 Å². The van der Waals surface area contributed by atoms with Gasteiger partial charge in [-0.2, -0.15) is 0 Å². The molecule has 0 bridgehead atoms. The Balaban J connectivity index is 1.41. The quantitative estimate of drug-likeness (QED) is 0.559. The van der Waals surface area contributed by atoms with Crippen molar-refractivity contribution in [2.45, 2.75) is 19.4 Å². The summed E-state index contributed by atoms with van der Waals surface area (Å²) in [7, 11) is 0. The lowest BCUT2D eigenvalue weighted by atomic mass is 10.2. The Bertz CT molecular complexity index is 816. The first-order valence-electron chi connectivity index (χ1n) is 8.57. The van der Waals surface area contributed by atoms with Crippen LogP contribution >= 0.6 is 0 Å². The van der Waals surface area contributed by atoms with E-state index in [1.165, 1.54) is 31.5 Å². The highest BCUT2D eigenvalue weighted by Gasteiger charge is 2.16. The number of likely N-dealkylation sites (tertiary alicyclic amines) is 1. The molecule has 1 saturated heterocycles. The molecule has 1 heterocycles. The fraction of sp³-hybridized carbons (Fsp3) is 0.368. The van der Waals surface area contributed by atoms with Gasteiger partial charge in [0.2, 0.25) is 0 Å². The molecule has 0 aliphatic carbocycles. The molecule has 0 saturated carbocycles. The predicted molar refractivity (Wildman–Crippen MR) is 99.8 cm³/mol. The van der Waals surface area contributed by atoms with E-state index in [2.05, 4.69) is 22.3 Å². The molecule has 1 aliphatic heterocycles. The van der Waals surface area contributed by atoms with Gasteiger partial charge in [0.15, 0.2) is 0 Å². The maximum atomic E-state index is 11.2. The first-order valence-corrected chi connectivity index (χ1v) is 8.57. The topological polar surface area (TPSA) is 84.7 Å². The number of nitrogens with two attached hydrogens (primary N) is 1. The molecule has 0 atom stereocenters. The van der Waals surface area contributed by atoms with Crippen LogP contribution in [-0.2, 0) is 6.54 Å². The molecule has 3 N–H and O–H groups in total. The highest BCUT2D eigenvalue weighted by atomic mass is 16.5. The second-order valence-corrected chi connectivity index (χ2v) is 6.24. The number of nitrogens with zero attached hydrogens (tertiary/aromatic N) is 1. The lowest BCUT2D eigenvalue weighted by Crippen LogP contribution is -2.37. The SMILES string of the molecule is Nc1c(NC/C=C\COc2cccc(CN3CCCC3)c2)c(=O)c1=O. The number of hydrogen-bond donors (Lipinski definition) is 2. The lowest BCUT2D eigenvalue weighted by molar-refractivity contribution is 0.328. The normalized spacial score (nSPS) is 15.2. The molecule has 0 spiro atoms. The van der Waals surface area contributed by atoms with Crippen LogP contribution < -0.4 is 26.6 Å². The molecule has 25 heavy (non-hydrogen) atoms. The Morgan fingerprint density at radius 3 is 2.72 bits per heavy atom. The largest absolute Gasteiger partial charge is 0.490 e. The third-order valence-electron chi connectivity index (χ3n) is 4.36. The highest BCUT2D eigenvalue weighted by molar-refractivity contribution is 5.71. The third-order valence-corrected chi connectivity index (χ3v) is 4.36. The smallest absolute Gasteiger partial charge is 0.253 e. The summed E-state index contributed by atoms with van der Waals surface area (Å²) in [6, 6.07) is 8.17. The van der Waals surface area contributed by atoms with Gasteiger partial charge in [0, 0.05) is 13.1 Å². The number of nitrogen functional groups attached to an aromatic ring is 1. The summed E-state index contributed by atoms with van der Waals surface area (Å²) < 4.78 is 5.73. The number of ether oxygens (including phenoxy) is 1. The van der Waals surface area contributed by atoms with Crippen LogP contribution in [0, 0.1) is 0 Å². The molecular formula is C19H23N3O3. The molecular weight excluding hydrogens is 318 g/mol. The van der Waals surface area contributed by atoms with Crippen LogP contribution in [0.15, 0.2) is 46.0 Å². The van der Waals surface area contributed by atoms with Crippen LogP contribution in [0.3, 0.4) is 0 Å². The van der Waals surface area contributed by atoms with E-state index in [1.54, 1.807) is 0 Å². The average Bonchev–Trinajstić information content (AvgIpc) is 3.13. The standard InChI is InChI=1S/C19H23N3O3/c20-16-17(19(24)18(16)23)21-8-1-4-11-25-15-7-5-6-14(12-15)13-22-9-2-3-10-22/h1,4-7,12,21H,2-3,8-11,13,20H2/b4-1-. The summed E-state index contributed by atoms with van der Waals surface area (Å²) in [4.78, 5) is 24.7. The first-order chi connectivity index (χ1) is 12.1. The van der Waals surface area contributed by atoms with E-state index in [0.717, 1.165) is 12.3 Å². The number of hydrogen-bond acceptors (Lipinski definition) is 6. The van der Waals surface area contributed by atoms with Gasteiger partial charge >= 0.3 is 0 Å². The summed E-state index contributed by atoms with van der Waals surface area (Å²) in [5.74, 6) is 0.848. The summed E-state index contributed by atoms with van der Waals surface area (Å²) in [6.07, 6.45) is 6.28. The number of rotatable bonds is 8. The van der Waals surface area contributed by atoms with Crippen LogP contribution in [0.4, 0.5) is 11.4 Å². The lowest BCUT2D eigenvalue weighted by Gasteiger charge is -2.15. The zero-order valence-electron chi connectivity index (χ0n) is 14.2. The van der Waals surface area contributed by atoms with Crippen LogP contribution in [0.1, 0.15) is 18.4 Å². The zero-order valence-corrected chi connectivity index (χ0v) is 14.2. The summed E-state index contributed by atoms with van der Waals surface area (Å²) in [6.45, 7) is 4.19. The van der Waals surface area contributed by atoms with Crippen molar-refractivity contribution in [2.75, 3.05) is 37.3 Å². The third kappa shape index (κ3) is 4.28. The minimum atomic E-state index is -0.608. The van der Waals surface area contributed by atoms with Crippen LogP contribution in [0.25, 0.3) is 0 Å². The second-order valence-electron chi connectivity index (χ2n) is 6.24. The Labute approximate surface area is 146 Å². The fourth-order valence-corrected chi connectivity index (χ4v) is 2.97. The van der Waals surface area contributed by atoms with Gasteiger partial charge in [-0.25, -0.2) is 0 Å². The molecule has 0 aromatic heterocycles. The van der Waals surface area contributed by atoms with Crippen molar-refractivity contribution in [2.24, 2.45) is 0 Å². The number of nitrogens with one attached hydrogen (secondary N) is 1. The molecule has 132 valence electrons. The van der Waals surface area contributed by atoms with Gasteiger partial charge in [-0.05, 0) is 49.7 Å². The van der Waals surface area contributed by atoms with Crippen molar-refractivity contribution < 1.29 is 4.74 Å². The molecule has 0 radical (unpaired) electrons. The van der Waals surface area contributed by atoms with Crippen molar-refractivity contribution in [3.05, 3.63) is 62.4 Å². The zero-order chi connectivity index (χ0) is 17.6. The van der Waals surface area contributed by atoms with Gasteiger partial charge in [-0.1, -0.05) is 18.2 Å². The maximum Gasteiger partial charge on any atom is 0.253 e. The van der Waals surface area contributed by atoms with Gasteiger partial charge in [0.25, 0.3) is 10.9 Å². The van der Waals surface area contributed by atoms with Crippen molar-refractivity contribution >= 4 is 11.4 Å². The van der Waals surface area contributed by atoms with E-state index < -0.39 is 10.9 Å². The van der Waals surface area contributed by atoms with Gasteiger partial charge in [0.1, 0.15) is 23.7 Å². The van der Waals surface area contributed by atoms with Gasteiger partial charge in [0.05, 0.1) is 0 Å². The summed E-state index contributed by atoms with van der Waals surface area (Å²) >= 11 is 0. The molecule has 0 amide bonds. The Hall–Kier alpha value is -2.60. The van der Waals surface area contributed by atoms with Crippen LogP contribution in [0.2, 0.25) is 0 Å². The van der Waals surface area contributed by atoms with E-state index in [-0.39, 0.29) is 11.4 Å². The van der Waals surface area contributed by atoms with Crippen LogP contribution in [-0.4, -0.2) is 31.1 Å². The van der Waals surface area contributed by atoms with E-state index >= 15 is 0 Å². The molecule has 6 heteroatoms. The Morgan fingerprint density at radius 2 is 1.96 bits per heavy atom. The Morgan fingerprint density at radius 1 is 1.16 bits per heavy atom. The molecule has 6 nitrogen and oxygen atoms in total. The number of benzene rings is 1. The second kappa shape index (κ2) is 7.98. The molecule has 3 rings (SSSR count). The fourth-order valence-electron chi connectivity index (χ4n) is 2.97. The average molecular weight is 341 g/mol. The van der Waals surface area contributed by atoms with Crippen molar-refractivity contribution in [1.82, 2.24) is 4.90 Å². The summed E-state index contributed by atoms with van der Waals surface area (Å²) in [5.41, 5.74) is 5.78. The monoisotopic (exact) mass is 341 g/mol. The minimum Gasteiger partial charge on any atom is -0.490 e. The van der Waals surface area contributed by atoms with Gasteiger partial charge in [-0.15, -0.1) is 0 Å². The van der Waals surface area contributed by atoms with E-state index in [9.17, 15) is 9.59 Å². The van der Waals surface area contributed by atoms with Gasteiger partial charge < -0.3 is 15.8 Å². The van der Waals surface area contributed by atoms with E-state index in [0.29, 0.717) is 13.2 Å². The molecule has 0 unspecified atom stereocenters. The first kappa shape index (κ1) is 17.2. The van der Waals surface area contributed by atoms with E-state index in [4.69, 9.17) is 10.5 Å². The van der Waals surface area contributed by atoms with Crippen molar-refractivity contribution in [3.63, 3.8) is 0 Å². The number of anilines is 2. The molecule has 2 aromatic rings. The minimum absolute atomic E-state index is 0.0180. The highest BCUT2D eigenvalue weighted by Crippen LogP contribution is 2.17. The summed E-state index contributed by atoms with van der Waals surface area (Å²) in [5, 5.41) is 2.83. The van der Waals surface area contributed by atoms with Crippen molar-refractivity contribution in [1.29, 1.82) is 0 Å².